The molecule has 5 heteroatoms. The maximum atomic E-state index is 10.5. The molecular weight excluding hydrogens is 236 g/mol. The highest BCUT2D eigenvalue weighted by molar-refractivity contribution is 9.10. The number of nitrogens with one attached hydrogen (secondary N) is 1. The third kappa shape index (κ3) is 2.86. The van der Waals surface area contributed by atoms with Gasteiger partial charge >= 0.3 is 5.97 Å². The summed E-state index contributed by atoms with van der Waals surface area (Å²) in [6, 6.07) is 1.85. The van der Waals surface area contributed by atoms with Crippen LogP contribution in [-0.4, -0.2) is 22.6 Å². The zero-order valence-electron chi connectivity index (χ0n) is 6.96. The zero-order chi connectivity index (χ0) is 9.84. The lowest BCUT2D eigenvalue weighted by Gasteiger charge is -2.08. The first-order valence-electron chi connectivity index (χ1n) is 3.89. The van der Waals surface area contributed by atoms with Gasteiger partial charge in [-0.2, -0.15) is 0 Å². The molecule has 0 radical (unpaired) electrons. The molecule has 0 spiro atoms. The van der Waals surface area contributed by atoms with E-state index in [1.165, 1.54) is 0 Å². The second-order valence-corrected chi connectivity index (χ2v) is 3.67. The second kappa shape index (κ2) is 4.43. The van der Waals surface area contributed by atoms with Crippen molar-refractivity contribution in [3.8, 4) is 0 Å². The topological polar surface area (TPSA) is 79.1 Å². The third-order valence-corrected chi connectivity index (χ3v) is 2.30. The van der Waals surface area contributed by atoms with Crippen molar-refractivity contribution >= 4 is 21.9 Å². The number of nitrogens with two attached hydrogens (primary N) is 1. The summed E-state index contributed by atoms with van der Waals surface area (Å²) in [5, 5.41) is 8.61. The van der Waals surface area contributed by atoms with Gasteiger partial charge in [0.25, 0.3) is 0 Å². The molecule has 0 bridgehead atoms. The number of hydrogen-bond donors (Lipinski definition) is 3. The normalized spacial score (nSPS) is 12.8. The predicted molar refractivity (Wildman–Crippen MR) is 52.5 cm³/mol. The van der Waals surface area contributed by atoms with E-state index in [2.05, 4.69) is 20.9 Å². The summed E-state index contributed by atoms with van der Waals surface area (Å²) in [7, 11) is 0. The minimum Gasteiger partial charge on any atom is -0.481 e. The fourth-order valence-electron chi connectivity index (χ4n) is 1.17. The van der Waals surface area contributed by atoms with Gasteiger partial charge in [0.1, 0.15) is 0 Å². The SMILES string of the molecule is NCC(CC(=O)O)c1c[nH]c(Br)c1. The lowest BCUT2D eigenvalue weighted by atomic mass is 9.99. The quantitative estimate of drug-likeness (QED) is 0.750. The maximum Gasteiger partial charge on any atom is 0.304 e. The van der Waals surface area contributed by atoms with Crippen LogP contribution in [0, 0.1) is 0 Å². The lowest BCUT2D eigenvalue weighted by Crippen LogP contribution is -2.15. The maximum absolute atomic E-state index is 10.5. The average molecular weight is 247 g/mol. The van der Waals surface area contributed by atoms with Crippen LogP contribution in [0.15, 0.2) is 16.9 Å². The first-order valence-corrected chi connectivity index (χ1v) is 4.68. The fourth-order valence-corrected chi connectivity index (χ4v) is 1.54. The Hall–Kier alpha value is -0.810. The summed E-state index contributed by atoms with van der Waals surface area (Å²) < 4.78 is 0.839. The van der Waals surface area contributed by atoms with Gasteiger partial charge in [0.05, 0.1) is 11.0 Å². The van der Waals surface area contributed by atoms with Crippen LogP contribution < -0.4 is 5.73 Å². The highest BCUT2D eigenvalue weighted by Gasteiger charge is 2.14. The zero-order valence-corrected chi connectivity index (χ0v) is 8.54. The molecule has 0 fully saturated rings. The molecule has 0 aliphatic rings. The van der Waals surface area contributed by atoms with E-state index in [1.807, 2.05) is 6.07 Å². The Morgan fingerprint density at radius 1 is 1.77 bits per heavy atom. The number of halogens is 1. The summed E-state index contributed by atoms with van der Waals surface area (Å²) in [4.78, 5) is 13.4. The number of carbonyl (C=O) groups is 1. The molecule has 72 valence electrons. The fraction of sp³-hybridized carbons (Fsp3) is 0.375. The number of carboxylic acids is 1. The van der Waals surface area contributed by atoms with Crippen molar-refractivity contribution in [1.82, 2.24) is 4.98 Å². The molecule has 1 rings (SSSR count). The largest absolute Gasteiger partial charge is 0.481 e. The van der Waals surface area contributed by atoms with Crippen molar-refractivity contribution in [3.05, 3.63) is 22.4 Å². The summed E-state index contributed by atoms with van der Waals surface area (Å²) in [5.41, 5.74) is 6.40. The Labute approximate surface area is 84.3 Å². The molecule has 0 saturated carbocycles. The van der Waals surface area contributed by atoms with Crippen LogP contribution in [0.25, 0.3) is 0 Å². The van der Waals surface area contributed by atoms with E-state index < -0.39 is 5.97 Å². The molecule has 4 nitrogen and oxygen atoms in total. The Kier molecular flexibility index (Phi) is 3.50. The van der Waals surface area contributed by atoms with E-state index in [0.717, 1.165) is 10.2 Å². The summed E-state index contributed by atoms with van der Waals surface area (Å²) in [6.45, 7) is 0.344. The molecule has 13 heavy (non-hydrogen) atoms. The number of rotatable bonds is 4. The van der Waals surface area contributed by atoms with Crippen LogP contribution in [0.5, 0.6) is 0 Å². The lowest BCUT2D eigenvalue weighted by molar-refractivity contribution is -0.137. The molecule has 4 N–H and O–H groups in total. The van der Waals surface area contributed by atoms with Crippen molar-refractivity contribution in [2.45, 2.75) is 12.3 Å². The molecule has 1 aromatic rings. The Morgan fingerprint density at radius 3 is 2.85 bits per heavy atom. The van der Waals surface area contributed by atoms with Crippen molar-refractivity contribution in [2.75, 3.05) is 6.54 Å². The smallest absolute Gasteiger partial charge is 0.304 e. The predicted octanol–water partition coefficient (Wildman–Crippen LogP) is 1.29. The Balaban J connectivity index is 2.72. The highest BCUT2D eigenvalue weighted by Crippen LogP contribution is 2.21. The van der Waals surface area contributed by atoms with Gasteiger partial charge in [-0.3, -0.25) is 4.79 Å². The molecule has 0 aromatic carbocycles. The van der Waals surface area contributed by atoms with Gasteiger partial charge in [-0.15, -0.1) is 0 Å². The van der Waals surface area contributed by atoms with Crippen molar-refractivity contribution in [2.24, 2.45) is 5.73 Å². The van der Waals surface area contributed by atoms with Crippen molar-refractivity contribution in [3.63, 3.8) is 0 Å². The van der Waals surface area contributed by atoms with Gasteiger partial charge in [-0.25, -0.2) is 0 Å². The van der Waals surface area contributed by atoms with Crippen LogP contribution in [-0.2, 0) is 4.79 Å². The van der Waals surface area contributed by atoms with Crippen LogP contribution in [0.3, 0.4) is 0 Å². The molecular formula is C8H11BrN2O2. The molecule has 1 heterocycles. The average Bonchev–Trinajstić information content (AvgIpc) is 2.47. The summed E-state index contributed by atoms with van der Waals surface area (Å²) in [6.07, 6.45) is 1.84. The number of carboxylic acid groups (broad SMARTS) is 1. The van der Waals surface area contributed by atoms with Gasteiger partial charge in [0.15, 0.2) is 0 Å². The molecule has 0 aliphatic heterocycles. The minimum absolute atomic E-state index is 0.0702. The number of aromatic nitrogens is 1. The molecule has 0 amide bonds. The first-order chi connectivity index (χ1) is 6.13. The van der Waals surface area contributed by atoms with Gasteiger partial charge in [-0.05, 0) is 34.1 Å². The summed E-state index contributed by atoms with van der Waals surface area (Å²) in [5.74, 6) is -0.937. The standard InChI is InChI=1S/C8H11BrN2O2/c9-7-1-6(4-11-7)5(3-10)2-8(12)13/h1,4-5,11H,2-3,10H2,(H,12,13). The summed E-state index contributed by atoms with van der Waals surface area (Å²) >= 11 is 3.25. The van der Waals surface area contributed by atoms with Crippen molar-refractivity contribution < 1.29 is 9.90 Å². The Bertz CT molecular complexity index is 298. The van der Waals surface area contributed by atoms with Gasteiger partial charge in [0.2, 0.25) is 0 Å². The number of H-pyrrole nitrogens is 1. The molecule has 0 saturated heterocycles. The second-order valence-electron chi connectivity index (χ2n) is 2.81. The van der Waals surface area contributed by atoms with E-state index in [4.69, 9.17) is 10.8 Å². The van der Waals surface area contributed by atoms with Crippen LogP contribution in [0.4, 0.5) is 0 Å². The molecule has 1 aromatic heterocycles. The monoisotopic (exact) mass is 246 g/mol. The Morgan fingerprint density at radius 2 is 2.46 bits per heavy atom. The van der Waals surface area contributed by atoms with Crippen LogP contribution in [0.2, 0.25) is 0 Å². The first kappa shape index (κ1) is 10.3. The number of hydrogen-bond acceptors (Lipinski definition) is 2. The van der Waals surface area contributed by atoms with E-state index in [-0.39, 0.29) is 12.3 Å². The molecule has 1 unspecified atom stereocenters. The van der Waals surface area contributed by atoms with E-state index in [1.54, 1.807) is 6.20 Å². The van der Waals surface area contributed by atoms with Crippen molar-refractivity contribution in [1.29, 1.82) is 0 Å². The van der Waals surface area contributed by atoms with Gasteiger partial charge in [0, 0.05) is 12.1 Å². The third-order valence-electron chi connectivity index (χ3n) is 1.85. The number of aliphatic carboxylic acids is 1. The van der Waals surface area contributed by atoms with E-state index >= 15 is 0 Å². The van der Waals surface area contributed by atoms with E-state index in [0.29, 0.717) is 6.54 Å². The molecule has 0 aliphatic carbocycles. The van der Waals surface area contributed by atoms with E-state index in [9.17, 15) is 4.79 Å². The highest BCUT2D eigenvalue weighted by atomic mass is 79.9. The van der Waals surface area contributed by atoms with Gasteiger partial charge < -0.3 is 15.8 Å². The number of aromatic amines is 1. The molecule has 1 atom stereocenters. The minimum atomic E-state index is -0.826. The van der Waals surface area contributed by atoms with Crippen LogP contribution in [0.1, 0.15) is 17.9 Å². The van der Waals surface area contributed by atoms with Gasteiger partial charge in [-0.1, -0.05) is 0 Å². The van der Waals surface area contributed by atoms with Crippen LogP contribution >= 0.6 is 15.9 Å².